The van der Waals surface area contributed by atoms with Crippen molar-refractivity contribution in [2.75, 3.05) is 5.32 Å². The van der Waals surface area contributed by atoms with Gasteiger partial charge in [-0.1, -0.05) is 50.2 Å². The van der Waals surface area contributed by atoms with Gasteiger partial charge in [0.1, 0.15) is 0 Å². The molecule has 0 bridgehead atoms. The van der Waals surface area contributed by atoms with Gasteiger partial charge < -0.3 is 10.4 Å². The Labute approximate surface area is 136 Å². The minimum absolute atomic E-state index is 0.132. The van der Waals surface area contributed by atoms with Crippen LogP contribution in [0.25, 0.3) is 0 Å². The van der Waals surface area contributed by atoms with Gasteiger partial charge in [-0.25, -0.2) is 4.79 Å². The predicted octanol–water partition coefficient (Wildman–Crippen LogP) is 3.90. The predicted molar refractivity (Wildman–Crippen MR) is 90.7 cm³/mol. The van der Waals surface area contributed by atoms with Crippen LogP contribution in [0, 0.1) is 12.3 Å². The molecule has 0 aliphatic rings. The van der Waals surface area contributed by atoms with Gasteiger partial charge in [-0.2, -0.15) is 0 Å². The van der Waals surface area contributed by atoms with Gasteiger partial charge in [0, 0.05) is 11.1 Å². The number of aryl methyl sites for hydroxylation is 1. The number of aromatic carboxylic acids is 1. The lowest BCUT2D eigenvalue weighted by Gasteiger charge is -2.24. The standard InChI is InChI=1S/C19H21NO3/c1-13-9-10-15(17(21)22)11-16(13)20-18(23)19(2,3)12-14-7-5-4-6-8-14/h4-11H,12H2,1-3H3,(H,20,23)(H,21,22). The summed E-state index contributed by atoms with van der Waals surface area (Å²) in [5, 5.41) is 11.9. The van der Waals surface area contributed by atoms with Crippen LogP contribution < -0.4 is 5.32 Å². The lowest BCUT2D eigenvalue weighted by Crippen LogP contribution is -2.33. The summed E-state index contributed by atoms with van der Waals surface area (Å²) >= 11 is 0. The highest BCUT2D eigenvalue weighted by Gasteiger charge is 2.28. The number of hydrogen-bond donors (Lipinski definition) is 2. The van der Waals surface area contributed by atoms with Crippen LogP contribution in [0.3, 0.4) is 0 Å². The Kier molecular flexibility index (Phi) is 4.84. The summed E-state index contributed by atoms with van der Waals surface area (Å²) < 4.78 is 0. The first-order chi connectivity index (χ1) is 10.8. The van der Waals surface area contributed by atoms with Crippen molar-refractivity contribution in [3.63, 3.8) is 0 Å². The molecular weight excluding hydrogens is 290 g/mol. The average molecular weight is 311 g/mol. The van der Waals surface area contributed by atoms with Crippen LogP contribution in [0.15, 0.2) is 48.5 Å². The molecule has 4 heteroatoms. The third-order valence-electron chi connectivity index (χ3n) is 3.84. The summed E-state index contributed by atoms with van der Waals surface area (Å²) in [7, 11) is 0. The highest BCUT2D eigenvalue weighted by atomic mass is 16.4. The first-order valence-electron chi connectivity index (χ1n) is 7.49. The van der Waals surface area contributed by atoms with Crippen molar-refractivity contribution in [3.8, 4) is 0 Å². The van der Waals surface area contributed by atoms with Gasteiger partial charge in [-0.05, 0) is 36.6 Å². The van der Waals surface area contributed by atoms with E-state index in [0.29, 0.717) is 12.1 Å². The normalized spacial score (nSPS) is 11.1. The number of carboxylic acids is 1. The molecule has 0 fully saturated rings. The number of carboxylic acid groups (broad SMARTS) is 1. The second-order valence-electron chi connectivity index (χ2n) is 6.34. The molecule has 0 saturated carbocycles. The van der Waals surface area contributed by atoms with Crippen LogP contribution in [-0.2, 0) is 11.2 Å². The minimum Gasteiger partial charge on any atom is -0.478 e. The lowest BCUT2D eigenvalue weighted by atomic mass is 9.84. The van der Waals surface area contributed by atoms with E-state index in [1.165, 1.54) is 12.1 Å². The fraction of sp³-hybridized carbons (Fsp3) is 0.263. The van der Waals surface area contributed by atoms with E-state index in [4.69, 9.17) is 5.11 Å². The van der Waals surface area contributed by atoms with Crippen molar-refractivity contribution in [3.05, 3.63) is 65.2 Å². The molecule has 2 N–H and O–H groups in total. The Morgan fingerprint density at radius 3 is 2.35 bits per heavy atom. The zero-order valence-corrected chi connectivity index (χ0v) is 13.6. The lowest BCUT2D eigenvalue weighted by molar-refractivity contribution is -0.123. The number of carbonyl (C=O) groups is 2. The molecule has 0 aromatic heterocycles. The van der Waals surface area contributed by atoms with Crippen LogP contribution in [0.5, 0.6) is 0 Å². The Morgan fingerprint density at radius 1 is 1.09 bits per heavy atom. The number of rotatable bonds is 5. The molecular formula is C19H21NO3. The van der Waals surface area contributed by atoms with Gasteiger partial charge in [-0.15, -0.1) is 0 Å². The second-order valence-corrected chi connectivity index (χ2v) is 6.34. The smallest absolute Gasteiger partial charge is 0.335 e. The van der Waals surface area contributed by atoms with Gasteiger partial charge in [0.15, 0.2) is 0 Å². The van der Waals surface area contributed by atoms with E-state index in [1.807, 2.05) is 51.1 Å². The molecule has 0 aliphatic carbocycles. The summed E-state index contributed by atoms with van der Waals surface area (Å²) in [5.74, 6) is -1.14. The molecule has 0 unspecified atom stereocenters. The Balaban J connectivity index is 2.17. The van der Waals surface area contributed by atoms with Crippen molar-refractivity contribution in [1.29, 1.82) is 0 Å². The number of nitrogens with one attached hydrogen (secondary N) is 1. The number of benzene rings is 2. The molecule has 1 amide bonds. The Morgan fingerprint density at radius 2 is 1.74 bits per heavy atom. The van der Waals surface area contributed by atoms with Crippen LogP contribution in [0.2, 0.25) is 0 Å². The largest absolute Gasteiger partial charge is 0.478 e. The zero-order valence-electron chi connectivity index (χ0n) is 13.6. The summed E-state index contributed by atoms with van der Waals surface area (Å²) in [6.07, 6.45) is 0.608. The van der Waals surface area contributed by atoms with Gasteiger partial charge in [0.2, 0.25) is 5.91 Å². The number of hydrogen-bond acceptors (Lipinski definition) is 2. The molecule has 4 nitrogen and oxygen atoms in total. The molecule has 0 heterocycles. The van der Waals surface area contributed by atoms with Crippen molar-refractivity contribution in [2.45, 2.75) is 27.2 Å². The molecule has 0 radical (unpaired) electrons. The fourth-order valence-electron chi connectivity index (χ4n) is 2.37. The topological polar surface area (TPSA) is 66.4 Å². The van der Waals surface area contributed by atoms with E-state index >= 15 is 0 Å². The van der Waals surface area contributed by atoms with Crippen LogP contribution in [0.1, 0.15) is 35.3 Å². The Hall–Kier alpha value is -2.62. The van der Waals surface area contributed by atoms with Crippen molar-refractivity contribution < 1.29 is 14.7 Å². The molecule has 0 spiro atoms. The van der Waals surface area contributed by atoms with Crippen LogP contribution in [0.4, 0.5) is 5.69 Å². The van der Waals surface area contributed by atoms with Crippen molar-refractivity contribution >= 4 is 17.6 Å². The number of anilines is 1. The molecule has 23 heavy (non-hydrogen) atoms. The molecule has 0 saturated heterocycles. The second kappa shape index (κ2) is 6.65. The minimum atomic E-state index is -1.01. The third-order valence-corrected chi connectivity index (χ3v) is 3.84. The highest BCUT2D eigenvalue weighted by Crippen LogP contribution is 2.25. The summed E-state index contributed by atoms with van der Waals surface area (Å²) in [6, 6.07) is 14.5. The van der Waals surface area contributed by atoms with Crippen LogP contribution >= 0.6 is 0 Å². The highest BCUT2D eigenvalue weighted by molar-refractivity contribution is 5.97. The number of amides is 1. The van der Waals surface area contributed by atoms with E-state index in [0.717, 1.165) is 11.1 Å². The maximum Gasteiger partial charge on any atom is 0.335 e. The molecule has 2 rings (SSSR count). The van der Waals surface area contributed by atoms with E-state index in [-0.39, 0.29) is 11.5 Å². The van der Waals surface area contributed by atoms with E-state index in [9.17, 15) is 9.59 Å². The first-order valence-corrected chi connectivity index (χ1v) is 7.49. The van der Waals surface area contributed by atoms with E-state index in [2.05, 4.69) is 5.32 Å². The summed E-state index contributed by atoms with van der Waals surface area (Å²) in [6.45, 7) is 5.60. The number of carbonyl (C=O) groups excluding carboxylic acids is 1. The molecule has 120 valence electrons. The average Bonchev–Trinajstić information content (AvgIpc) is 2.49. The van der Waals surface area contributed by atoms with Crippen LogP contribution in [-0.4, -0.2) is 17.0 Å². The molecule has 0 aliphatic heterocycles. The van der Waals surface area contributed by atoms with Gasteiger partial charge in [-0.3, -0.25) is 4.79 Å². The quantitative estimate of drug-likeness (QED) is 0.880. The first kappa shape index (κ1) is 16.7. The monoisotopic (exact) mass is 311 g/mol. The maximum atomic E-state index is 12.6. The molecule has 2 aromatic rings. The maximum absolute atomic E-state index is 12.6. The van der Waals surface area contributed by atoms with Gasteiger partial charge in [0.05, 0.1) is 5.56 Å². The fourth-order valence-corrected chi connectivity index (χ4v) is 2.37. The molecule has 2 aromatic carbocycles. The van der Waals surface area contributed by atoms with Crippen molar-refractivity contribution in [1.82, 2.24) is 0 Å². The van der Waals surface area contributed by atoms with Gasteiger partial charge in [0.25, 0.3) is 0 Å². The summed E-state index contributed by atoms with van der Waals surface area (Å²) in [4.78, 5) is 23.7. The third kappa shape index (κ3) is 4.19. The summed E-state index contributed by atoms with van der Waals surface area (Å²) in [5.41, 5.74) is 2.01. The van der Waals surface area contributed by atoms with Crippen molar-refractivity contribution in [2.24, 2.45) is 5.41 Å². The van der Waals surface area contributed by atoms with Gasteiger partial charge >= 0.3 is 5.97 Å². The SMILES string of the molecule is Cc1ccc(C(=O)O)cc1NC(=O)C(C)(C)Cc1ccccc1. The van der Waals surface area contributed by atoms with E-state index < -0.39 is 11.4 Å². The molecule has 0 atom stereocenters. The van der Waals surface area contributed by atoms with E-state index in [1.54, 1.807) is 6.07 Å². The Bertz CT molecular complexity index is 721. The zero-order chi connectivity index (χ0) is 17.0.